The number of hydrogen-bond donors (Lipinski definition) is 0. The van der Waals surface area contributed by atoms with E-state index in [4.69, 9.17) is 6.15 Å². The molecule has 4 nitrogen and oxygen atoms in total. The molecule has 0 unspecified atom stereocenters. The molecule has 220 valence electrons. The minimum absolute atomic E-state index is 0.0724. The Morgan fingerprint density at radius 2 is 0.838 bits per heavy atom. The van der Waals surface area contributed by atoms with Gasteiger partial charge in [0.05, 0.1) is 0 Å². The summed E-state index contributed by atoms with van der Waals surface area (Å²) >= 11 is -4.13. The van der Waals surface area contributed by atoms with Crippen molar-refractivity contribution in [3.63, 3.8) is 0 Å². The second-order valence-corrected chi connectivity index (χ2v) is 20.2. The van der Waals surface area contributed by atoms with Crippen molar-refractivity contribution in [3.8, 4) is 0 Å². The van der Waals surface area contributed by atoms with Crippen LogP contribution < -0.4 is 0 Å². The van der Waals surface area contributed by atoms with Gasteiger partial charge in [-0.25, -0.2) is 0 Å². The standard InChI is InChI=1S/2C8H16O2.2C8H17.Sn/c2*1-3-5-6-7(4-2)8(9)10;2*1-4-6-7-8(3)5-2;/h2*7H,3-6H2,1-2H3,(H,9,10);2*8H,3-7H2,1-2H3;/q;;;;+2/p-2/t2*7-;2*8-;/m0010./s1. The first-order valence-corrected chi connectivity index (χ1v) is 22.6. The molecule has 0 amide bonds. The van der Waals surface area contributed by atoms with Crippen LogP contribution in [0.1, 0.15) is 158 Å². The number of hydrogen-bond acceptors (Lipinski definition) is 4. The molecular weight excluding hydrogens is 567 g/mol. The van der Waals surface area contributed by atoms with E-state index in [-0.39, 0.29) is 23.8 Å². The quantitative estimate of drug-likeness (QED) is 0.0995. The molecule has 0 saturated heterocycles. The van der Waals surface area contributed by atoms with E-state index in [0.717, 1.165) is 98.8 Å². The van der Waals surface area contributed by atoms with E-state index >= 15 is 0 Å². The van der Waals surface area contributed by atoms with E-state index in [1.54, 1.807) is 0 Å². The fourth-order valence-corrected chi connectivity index (χ4v) is 17.9. The summed E-state index contributed by atoms with van der Waals surface area (Å²) in [6.07, 6.45) is 16.6. The summed E-state index contributed by atoms with van der Waals surface area (Å²) in [6.45, 7) is 17.5. The van der Waals surface area contributed by atoms with Crippen LogP contribution in [-0.4, -0.2) is 31.1 Å². The first kappa shape index (κ1) is 36.7. The van der Waals surface area contributed by atoms with Gasteiger partial charge in [0.15, 0.2) is 0 Å². The van der Waals surface area contributed by atoms with Crippen LogP contribution in [0.2, 0.25) is 8.87 Å². The number of rotatable bonds is 24. The topological polar surface area (TPSA) is 52.6 Å². The van der Waals surface area contributed by atoms with Gasteiger partial charge in [-0.2, -0.15) is 0 Å². The summed E-state index contributed by atoms with van der Waals surface area (Å²) in [5.41, 5.74) is 0. The minimum atomic E-state index is -4.13. The van der Waals surface area contributed by atoms with Gasteiger partial charge in [0.2, 0.25) is 0 Å². The Balaban J connectivity index is 6.37. The second-order valence-electron chi connectivity index (χ2n) is 11.5. The van der Waals surface area contributed by atoms with Gasteiger partial charge in [-0.1, -0.05) is 0 Å². The van der Waals surface area contributed by atoms with Gasteiger partial charge in [0.1, 0.15) is 0 Å². The molecule has 0 N–H and O–H groups in total. The molecule has 0 spiro atoms. The van der Waals surface area contributed by atoms with Crippen molar-refractivity contribution in [2.75, 3.05) is 0 Å². The molecule has 0 aliphatic rings. The van der Waals surface area contributed by atoms with Crippen molar-refractivity contribution < 1.29 is 15.7 Å². The molecule has 0 aliphatic carbocycles. The average Bonchev–Trinajstić information content (AvgIpc) is 2.89. The third-order valence-corrected chi connectivity index (χ3v) is 18.4. The number of unbranched alkanes of at least 4 members (excludes halogenated alkanes) is 4. The molecule has 0 saturated carbocycles. The molecule has 0 aromatic heterocycles. The van der Waals surface area contributed by atoms with Gasteiger partial charge in [-0.15, -0.1) is 0 Å². The summed E-state index contributed by atoms with van der Waals surface area (Å²) in [5, 5.41) is 0. The summed E-state index contributed by atoms with van der Waals surface area (Å²) < 4.78 is 15.1. The monoisotopic (exact) mass is 632 g/mol. The summed E-state index contributed by atoms with van der Waals surface area (Å²) in [7, 11) is 0. The Labute approximate surface area is 236 Å². The zero-order chi connectivity index (χ0) is 28.1. The van der Waals surface area contributed by atoms with Crippen LogP contribution >= 0.6 is 0 Å². The fraction of sp³-hybridized carbons (Fsp3) is 0.938. The van der Waals surface area contributed by atoms with Crippen molar-refractivity contribution in [2.45, 2.75) is 167 Å². The number of carbonyl (C=O) groups is 2. The molecule has 0 aromatic carbocycles. The molecule has 0 aromatic rings. The van der Waals surface area contributed by atoms with E-state index in [1.165, 1.54) is 12.8 Å². The zero-order valence-electron chi connectivity index (χ0n) is 26.2. The Morgan fingerprint density at radius 3 is 1.11 bits per heavy atom. The summed E-state index contributed by atoms with van der Waals surface area (Å²) in [5.74, 6) is 0.623. The SMILES string of the molecule is CCCC[C@@H](CC)[CH2][Sn]([CH2][C@@H](CC)CCCC)([O]C(=O)[C@@H](CC)CCCC)[O]C(=O)[C@@H](CC)CCCC. The van der Waals surface area contributed by atoms with Crippen molar-refractivity contribution in [1.29, 1.82) is 0 Å². The van der Waals surface area contributed by atoms with Gasteiger partial charge >= 0.3 is 238 Å². The molecule has 5 heteroatoms. The van der Waals surface area contributed by atoms with Crippen molar-refractivity contribution >= 4 is 31.1 Å². The van der Waals surface area contributed by atoms with Crippen LogP contribution in [0.15, 0.2) is 0 Å². The Morgan fingerprint density at radius 1 is 0.514 bits per heavy atom. The molecule has 4 atom stereocenters. The first-order chi connectivity index (χ1) is 17.8. The van der Waals surface area contributed by atoms with Gasteiger partial charge in [0, 0.05) is 0 Å². The third-order valence-electron chi connectivity index (χ3n) is 8.32. The maximum absolute atomic E-state index is 13.7. The Hall–Kier alpha value is -0.261. The molecular formula is C32H64O4Sn. The molecule has 0 bridgehead atoms. The molecule has 0 aliphatic heterocycles. The van der Waals surface area contributed by atoms with E-state index in [9.17, 15) is 9.59 Å². The Bertz CT molecular complexity index is 529. The molecule has 0 radical (unpaired) electrons. The van der Waals surface area contributed by atoms with E-state index in [2.05, 4.69) is 55.4 Å². The van der Waals surface area contributed by atoms with E-state index < -0.39 is 19.2 Å². The van der Waals surface area contributed by atoms with Crippen LogP contribution in [0.3, 0.4) is 0 Å². The van der Waals surface area contributed by atoms with E-state index in [1.807, 2.05) is 0 Å². The zero-order valence-corrected chi connectivity index (χ0v) is 29.0. The third kappa shape index (κ3) is 15.2. The first-order valence-electron chi connectivity index (χ1n) is 16.2. The van der Waals surface area contributed by atoms with Gasteiger partial charge < -0.3 is 0 Å². The fourth-order valence-electron chi connectivity index (χ4n) is 5.45. The summed E-state index contributed by atoms with van der Waals surface area (Å²) in [4.78, 5) is 27.4. The van der Waals surface area contributed by atoms with Gasteiger partial charge in [-0.05, 0) is 0 Å². The predicted octanol–water partition coefficient (Wildman–Crippen LogP) is 10.4. The Kier molecular flexibility index (Phi) is 22.4. The van der Waals surface area contributed by atoms with Crippen molar-refractivity contribution in [1.82, 2.24) is 0 Å². The van der Waals surface area contributed by atoms with Crippen LogP contribution in [0.5, 0.6) is 0 Å². The van der Waals surface area contributed by atoms with Crippen LogP contribution in [0, 0.1) is 23.7 Å². The van der Waals surface area contributed by atoms with Gasteiger partial charge in [-0.3, -0.25) is 0 Å². The molecule has 0 heterocycles. The van der Waals surface area contributed by atoms with Gasteiger partial charge in [0.25, 0.3) is 0 Å². The van der Waals surface area contributed by atoms with Crippen LogP contribution in [-0.2, 0) is 15.7 Å². The maximum atomic E-state index is 13.7. The predicted molar refractivity (Wildman–Crippen MR) is 161 cm³/mol. The average molecular weight is 632 g/mol. The van der Waals surface area contributed by atoms with E-state index in [0.29, 0.717) is 11.8 Å². The molecule has 0 rings (SSSR count). The number of carbonyl (C=O) groups excluding carboxylic acids is 2. The summed E-state index contributed by atoms with van der Waals surface area (Å²) in [6, 6.07) is 0. The normalized spacial score (nSPS) is 15.1. The van der Waals surface area contributed by atoms with Crippen molar-refractivity contribution in [3.05, 3.63) is 0 Å². The molecule has 37 heavy (non-hydrogen) atoms. The van der Waals surface area contributed by atoms with Crippen molar-refractivity contribution in [2.24, 2.45) is 23.7 Å². The van der Waals surface area contributed by atoms with Crippen LogP contribution in [0.4, 0.5) is 0 Å². The molecule has 0 fully saturated rings. The van der Waals surface area contributed by atoms with Crippen LogP contribution in [0.25, 0.3) is 0 Å². The second kappa shape index (κ2) is 22.5.